The molecule has 0 rings (SSSR count). The minimum absolute atomic E-state index is 0.146. The molecule has 0 radical (unpaired) electrons. The number of carbonyl (C=O) groups is 1. The molecule has 3 atom stereocenters. The van der Waals surface area contributed by atoms with Crippen LogP contribution in [-0.4, -0.2) is 46.1 Å². The van der Waals surface area contributed by atoms with E-state index in [-0.39, 0.29) is 12.5 Å². The van der Waals surface area contributed by atoms with Gasteiger partial charge in [0.25, 0.3) is 0 Å². The second-order valence-corrected chi connectivity index (χ2v) is 11.7. The molecule has 0 aliphatic heterocycles. The first-order valence-electron chi connectivity index (χ1n) is 16.8. The van der Waals surface area contributed by atoms with E-state index in [4.69, 9.17) is 0 Å². The van der Waals surface area contributed by atoms with Crippen LogP contribution in [0.4, 0.5) is 0 Å². The summed E-state index contributed by atoms with van der Waals surface area (Å²) in [4.78, 5) is 12.3. The van der Waals surface area contributed by atoms with Crippen LogP contribution >= 0.6 is 0 Å². The summed E-state index contributed by atoms with van der Waals surface area (Å²) in [5.41, 5.74) is 0. The molecule has 0 fully saturated rings. The molecule has 0 spiro atoms. The minimum atomic E-state index is -1.13. The van der Waals surface area contributed by atoms with Gasteiger partial charge in [0.15, 0.2) is 0 Å². The third-order valence-electron chi connectivity index (χ3n) is 7.96. The summed E-state index contributed by atoms with van der Waals surface area (Å²) in [6, 6.07) is -0.799. The van der Waals surface area contributed by atoms with E-state index in [2.05, 4.69) is 19.2 Å². The smallest absolute Gasteiger partial charge is 0.220 e. The molecule has 0 bridgehead atoms. The first-order chi connectivity index (χ1) is 18.6. The van der Waals surface area contributed by atoms with Crippen molar-refractivity contribution in [2.24, 2.45) is 0 Å². The monoisotopic (exact) mass is 542 g/mol. The molecule has 0 aromatic carbocycles. The molecule has 0 heterocycles. The average Bonchev–Trinajstić information content (AvgIpc) is 2.92. The van der Waals surface area contributed by atoms with Crippen LogP contribution in [0.2, 0.25) is 0 Å². The number of hydrogen-bond donors (Lipinski definition) is 4. The fourth-order valence-corrected chi connectivity index (χ4v) is 5.28. The molecule has 0 saturated carbocycles. The molecule has 0 saturated heterocycles. The van der Waals surface area contributed by atoms with Crippen LogP contribution < -0.4 is 5.32 Å². The summed E-state index contributed by atoms with van der Waals surface area (Å²) in [6.45, 7) is 4.13. The number of aliphatic hydroxyl groups excluding tert-OH is 3. The SMILES string of the molecule is CCCCCCCCCCCCCCCCCCC(=O)NC(CO)C(O)C(O)CCCCCCCCCC. The van der Waals surface area contributed by atoms with E-state index in [0.717, 1.165) is 38.5 Å². The topological polar surface area (TPSA) is 89.8 Å². The van der Waals surface area contributed by atoms with Gasteiger partial charge in [-0.05, 0) is 12.8 Å². The largest absolute Gasteiger partial charge is 0.394 e. The Kier molecular flexibility index (Phi) is 28.8. The average molecular weight is 542 g/mol. The van der Waals surface area contributed by atoms with E-state index >= 15 is 0 Å². The molecule has 3 unspecified atom stereocenters. The lowest BCUT2D eigenvalue weighted by atomic mass is 9.99. The summed E-state index contributed by atoms with van der Waals surface area (Å²) >= 11 is 0. The standard InChI is InChI=1S/C33H67NO4/c1-3-5-7-9-11-13-14-15-16-17-18-19-20-22-24-26-28-32(37)34-30(29-35)33(38)31(36)27-25-23-21-12-10-8-6-4-2/h30-31,33,35-36,38H,3-29H2,1-2H3,(H,34,37). The van der Waals surface area contributed by atoms with Gasteiger partial charge in [-0.1, -0.05) is 162 Å². The molecular formula is C33H67NO4. The van der Waals surface area contributed by atoms with Crippen LogP contribution in [0, 0.1) is 0 Å². The third-order valence-corrected chi connectivity index (χ3v) is 7.96. The number of nitrogens with one attached hydrogen (secondary N) is 1. The van der Waals surface area contributed by atoms with Gasteiger partial charge in [-0.2, -0.15) is 0 Å². The fraction of sp³-hybridized carbons (Fsp3) is 0.970. The Hall–Kier alpha value is -0.650. The minimum Gasteiger partial charge on any atom is -0.394 e. The van der Waals surface area contributed by atoms with Gasteiger partial charge < -0.3 is 20.6 Å². The third kappa shape index (κ3) is 24.4. The van der Waals surface area contributed by atoms with Crippen molar-refractivity contribution >= 4 is 5.91 Å². The predicted molar refractivity (Wildman–Crippen MR) is 162 cm³/mol. The summed E-state index contributed by atoms with van der Waals surface area (Å²) < 4.78 is 0. The molecule has 1 amide bonds. The molecular weight excluding hydrogens is 474 g/mol. The Morgan fingerprint density at radius 3 is 1.26 bits per heavy atom. The zero-order valence-corrected chi connectivity index (χ0v) is 25.6. The first kappa shape index (κ1) is 37.4. The number of rotatable bonds is 30. The number of carbonyl (C=O) groups excluding carboxylic acids is 1. The number of unbranched alkanes of at least 4 members (excludes halogenated alkanes) is 22. The van der Waals surface area contributed by atoms with Crippen LogP contribution in [-0.2, 0) is 4.79 Å². The maximum atomic E-state index is 12.3. The molecule has 0 aliphatic rings. The van der Waals surface area contributed by atoms with E-state index in [1.807, 2.05) is 0 Å². The van der Waals surface area contributed by atoms with Crippen molar-refractivity contribution in [2.45, 2.75) is 199 Å². The number of hydrogen-bond acceptors (Lipinski definition) is 4. The van der Waals surface area contributed by atoms with E-state index in [1.165, 1.54) is 116 Å². The van der Waals surface area contributed by atoms with Gasteiger partial charge in [-0.3, -0.25) is 4.79 Å². The van der Waals surface area contributed by atoms with Crippen molar-refractivity contribution in [3.8, 4) is 0 Å². The Morgan fingerprint density at radius 2 is 0.895 bits per heavy atom. The van der Waals surface area contributed by atoms with Gasteiger partial charge in [-0.25, -0.2) is 0 Å². The molecule has 228 valence electrons. The van der Waals surface area contributed by atoms with Crippen molar-refractivity contribution in [1.29, 1.82) is 0 Å². The lowest BCUT2D eigenvalue weighted by Gasteiger charge is -2.26. The maximum Gasteiger partial charge on any atom is 0.220 e. The van der Waals surface area contributed by atoms with Crippen molar-refractivity contribution < 1.29 is 20.1 Å². The van der Waals surface area contributed by atoms with Gasteiger partial charge in [0, 0.05) is 6.42 Å². The van der Waals surface area contributed by atoms with Gasteiger partial charge in [-0.15, -0.1) is 0 Å². The van der Waals surface area contributed by atoms with Gasteiger partial charge in [0.1, 0.15) is 6.10 Å². The zero-order chi connectivity index (χ0) is 28.1. The van der Waals surface area contributed by atoms with Crippen LogP contribution in [0.25, 0.3) is 0 Å². The van der Waals surface area contributed by atoms with Crippen molar-refractivity contribution in [1.82, 2.24) is 5.32 Å². The summed E-state index contributed by atoms with van der Waals surface area (Å²) in [7, 11) is 0. The highest BCUT2D eigenvalue weighted by Gasteiger charge is 2.26. The Morgan fingerprint density at radius 1 is 0.553 bits per heavy atom. The molecule has 5 nitrogen and oxygen atoms in total. The quantitative estimate of drug-likeness (QED) is 0.0688. The fourth-order valence-electron chi connectivity index (χ4n) is 5.28. The van der Waals surface area contributed by atoms with E-state index in [0.29, 0.717) is 12.8 Å². The molecule has 0 aromatic rings. The summed E-state index contributed by atoms with van der Waals surface area (Å²) in [5, 5.41) is 33.1. The van der Waals surface area contributed by atoms with Gasteiger partial charge in [0.05, 0.1) is 18.8 Å². The first-order valence-corrected chi connectivity index (χ1v) is 16.8. The predicted octanol–water partition coefficient (Wildman–Crippen LogP) is 8.37. The molecule has 4 N–H and O–H groups in total. The van der Waals surface area contributed by atoms with Crippen molar-refractivity contribution in [2.75, 3.05) is 6.61 Å². The summed E-state index contributed by atoms with van der Waals surface area (Å²) in [5.74, 6) is -0.146. The van der Waals surface area contributed by atoms with Crippen LogP contribution in [0.1, 0.15) is 181 Å². The number of aliphatic hydroxyl groups is 3. The van der Waals surface area contributed by atoms with Gasteiger partial charge in [0.2, 0.25) is 5.91 Å². The molecule has 0 aromatic heterocycles. The van der Waals surface area contributed by atoms with Crippen molar-refractivity contribution in [3.63, 3.8) is 0 Å². The molecule has 5 heteroatoms. The highest BCUT2D eigenvalue weighted by atomic mass is 16.3. The lowest BCUT2D eigenvalue weighted by molar-refractivity contribution is -0.124. The van der Waals surface area contributed by atoms with Crippen molar-refractivity contribution in [3.05, 3.63) is 0 Å². The zero-order valence-electron chi connectivity index (χ0n) is 25.6. The second kappa shape index (κ2) is 29.3. The van der Waals surface area contributed by atoms with E-state index in [1.54, 1.807) is 0 Å². The van der Waals surface area contributed by atoms with Crippen LogP contribution in [0.15, 0.2) is 0 Å². The second-order valence-electron chi connectivity index (χ2n) is 11.7. The highest BCUT2D eigenvalue weighted by molar-refractivity contribution is 5.76. The van der Waals surface area contributed by atoms with Crippen LogP contribution in [0.5, 0.6) is 0 Å². The van der Waals surface area contributed by atoms with Crippen LogP contribution in [0.3, 0.4) is 0 Å². The molecule has 0 aliphatic carbocycles. The van der Waals surface area contributed by atoms with E-state index < -0.39 is 18.2 Å². The summed E-state index contributed by atoms with van der Waals surface area (Å²) in [6.07, 6.45) is 29.1. The molecule has 38 heavy (non-hydrogen) atoms. The normalized spacial score (nSPS) is 13.9. The Labute approximate surface area is 237 Å². The Balaban J connectivity index is 3.65. The van der Waals surface area contributed by atoms with Gasteiger partial charge >= 0.3 is 0 Å². The Bertz CT molecular complexity index is 488. The van der Waals surface area contributed by atoms with E-state index in [9.17, 15) is 20.1 Å². The maximum absolute atomic E-state index is 12.3. The number of amides is 1. The highest BCUT2D eigenvalue weighted by Crippen LogP contribution is 2.15. The lowest BCUT2D eigenvalue weighted by Crippen LogP contribution is -2.50.